The summed E-state index contributed by atoms with van der Waals surface area (Å²) < 4.78 is 5.13. The molecule has 0 aromatic heterocycles. The Labute approximate surface area is 169 Å². The van der Waals surface area contributed by atoms with Crippen molar-refractivity contribution in [1.82, 2.24) is 5.32 Å². The Morgan fingerprint density at radius 3 is 2.64 bits per heavy atom. The molecule has 3 rings (SSSR count). The molecule has 0 saturated carbocycles. The predicted octanol–water partition coefficient (Wildman–Crippen LogP) is 3.50. The summed E-state index contributed by atoms with van der Waals surface area (Å²) in [5, 5.41) is 8.95. The molecule has 0 atom stereocenters. The van der Waals surface area contributed by atoms with Gasteiger partial charge in [0.25, 0.3) is 5.91 Å². The molecule has 7 heteroatoms. The highest BCUT2D eigenvalue weighted by Crippen LogP contribution is 2.26. The number of benzene rings is 2. The van der Waals surface area contributed by atoms with Crippen LogP contribution in [0.4, 0.5) is 5.69 Å². The molecule has 0 fully saturated rings. The van der Waals surface area contributed by atoms with Crippen LogP contribution in [0.5, 0.6) is 5.75 Å². The Hall–Kier alpha value is -2.86. The van der Waals surface area contributed by atoms with Crippen LogP contribution in [-0.4, -0.2) is 31.2 Å². The van der Waals surface area contributed by atoms with Crippen LogP contribution in [0.1, 0.15) is 24.0 Å². The highest BCUT2D eigenvalue weighted by Gasteiger charge is 2.25. The number of halogens is 1. The number of methoxy groups -OCH3 is 1. The van der Waals surface area contributed by atoms with Gasteiger partial charge in [0.15, 0.2) is 0 Å². The molecular formula is C21H22ClN3O3. The van der Waals surface area contributed by atoms with Gasteiger partial charge in [0, 0.05) is 24.4 Å². The van der Waals surface area contributed by atoms with Crippen molar-refractivity contribution in [3.05, 3.63) is 58.6 Å². The first-order chi connectivity index (χ1) is 13.5. The summed E-state index contributed by atoms with van der Waals surface area (Å²) in [6.45, 7) is 2.36. The van der Waals surface area contributed by atoms with E-state index in [-0.39, 0.29) is 18.2 Å². The van der Waals surface area contributed by atoms with Crippen LogP contribution in [-0.2, 0) is 16.0 Å². The molecule has 0 saturated heterocycles. The third-order valence-electron chi connectivity index (χ3n) is 4.55. The number of anilines is 1. The van der Waals surface area contributed by atoms with Crippen LogP contribution in [0.2, 0.25) is 5.02 Å². The number of hydrazone groups is 1. The van der Waals surface area contributed by atoms with Gasteiger partial charge in [0.1, 0.15) is 11.5 Å². The predicted molar refractivity (Wildman–Crippen MR) is 110 cm³/mol. The summed E-state index contributed by atoms with van der Waals surface area (Å²) in [5.41, 5.74) is 2.91. The largest absolute Gasteiger partial charge is 0.497 e. The van der Waals surface area contributed by atoms with E-state index in [1.54, 1.807) is 19.2 Å². The fraction of sp³-hybridized carbons (Fsp3) is 0.286. The van der Waals surface area contributed by atoms with Crippen molar-refractivity contribution in [3.63, 3.8) is 0 Å². The zero-order valence-corrected chi connectivity index (χ0v) is 16.6. The minimum absolute atomic E-state index is 0.158. The quantitative estimate of drug-likeness (QED) is 0.808. The molecule has 0 spiro atoms. The van der Waals surface area contributed by atoms with Crippen molar-refractivity contribution >= 4 is 34.8 Å². The fourth-order valence-electron chi connectivity index (χ4n) is 2.85. The van der Waals surface area contributed by atoms with E-state index in [4.69, 9.17) is 16.3 Å². The van der Waals surface area contributed by atoms with Gasteiger partial charge in [-0.15, -0.1) is 0 Å². The van der Waals surface area contributed by atoms with E-state index < -0.39 is 0 Å². The van der Waals surface area contributed by atoms with E-state index >= 15 is 0 Å². The second kappa shape index (κ2) is 8.89. The number of hydrogen-bond donors (Lipinski definition) is 1. The molecule has 6 nitrogen and oxygen atoms in total. The Kier molecular flexibility index (Phi) is 6.31. The summed E-state index contributed by atoms with van der Waals surface area (Å²) in [5.74, 6) is 0.379. The van der Waals surface area contributed by atoms with Gasteiger partial charge in [-0.2, -0.15) is 5.10 Å². The summed E-state index contributed by atoms with van der Waals surface area (Å²) in [4.78, 5) is 24.7. The summed E-state index contributed by atoms with van der Waals surface area (Å²) in [6.07, 6.45) is 1.25. The minimum Gasteiger partial charge on any atom is -0.497 e. The number of nitrogens with one attached hydrogen (secondary N) is 1. The SMILES string of the molecule is COc1ccc(CCNC(=O)C2=NN(c3ccc(C)c(Cl)c3)C(=O)CC2)cc1. The zero-order chi connectivity index (χ0) is 20.1. The Morgan fingerprint density at radius 2 is 1.96 bits per heavy atom. The van der Waals surface area contributed by atoms with Gasteiger partial charge < -0.3 is 10.1 Å². The molecule has 1 aliphatic heterocycles. The lowest BCUT2D eigenvalue weighted by Gasteiger charge is -2.23. The standard InChI is InChI=1S/C21H22ClN3O3/c1-14-3-6-16(13-18(14)22)25-20(26)10-9-19(24-25)21(27)23-12-11-15-4-7-17(28-2)8-5-15/h3-8,13H,9-12H2,1-2H3,(H,23,27). The van der Waals surface area contributed by atoms with Gasteiger partial charge in [-0.25, -0.2) is 5.01 Å². The van der Waals surface area contributed by atoms with Crippen molar-refractivity contribution in [2.24, 2.45) is 5.10 Å². The second-order valence-electron chi connectivity index (χ2n) is 6.54. The van der Waals surface area contributed by atoms with Gasteiger partial charge in [0.2, 0.25) is 5.91 Å². The Balaban J connectivity index is 1.63. The van der Waals surface area contributed by atoms with Crippen molar-refractivity contribution < 1.29 is 14.3 Å². The van der Waals surface area contributed by atoms with Gasteiger partial charge >= 0.3 is 0 Å². The number of carbonyl (C=O) groups is 2. The van der Waals surface area contributed by atoms with Crippen molar-refractivity contribution in [2.45, 2.75) is 26.2 Å². The third kappa shape index (κ3) is 4.70. The molecule has 2 amide bonds. The van der Waals surface area contributed by atoms with Gasteiger partial charge in [-0.3, -0.25) is 9.59 Å². The third-order valence-corrected chi connectivity index (χ3v) is 4.96. The molecule has 1 N–H and O–H groups in total. The number of hydrogen-bond acceptors (Lipinski definition) is 4. The first kappa shape index (κ1) is 19.9. The lowest BCUT2D eigenvalue weighted by molar-refractivity contribution is -0.118. The molecule has 0 radical (unpaired) electrons. The molecule has 0 bridgehead atoms. The molecule has 1 heterocycles. The fourth-order valence-corrected chi connectivity index (χ4v) is 3.02. The van der Waals surface area contributed by atoms with Gasteiger partial charge in [0.05, 0.1) is 12.8 Å². The van der Waals surface area contributed by atoms with Crippen LogP contribution < -0.4 is 15.1 Å². The number of ether oxygens (including phenoxy) is 1. The smallest absolute Gasteiger partial charge is 0.267 e. The van der Waals surface area contributed by atoms with E-state index in [9.17, 15) is 9.59 Å². The maximum atomic E-state index is 12.5. The molecule has 0 aliphatic carbocycles. The molecule has 1 aliphatic rings. The molecule has 2 aromatic rings. The van der Waals surface area contributed by atoms with Crippen molar-refractivity contribution in [3.8, 4) is 5.75 Å². The topological polar surface area (TPSA) is 71.0 Å². The Bertz CT molecular complexity index is 910. The summed E-state index contributed by atoms with van der Waals surface area (Å²) >= 11 is 6.15. The van der Waals surface area contributed by atoms with E-state index in [0.29, 0.717) is 35.8 Å². The molecule has 28 heavy (non-hydrogen) atoms. The number of amides is 2. The lowest BCUT2D eigenvalue weighted by atomic mass is 10.1. The number of aryl methyl sites for hydroxylation is 1. The minimum atomic E-state index is -0.260. The van der Waals surface area contributed by atoms with Crippen LogP contribution in [0.25, 0.3) is 0 Å². The maximum Gasteiger partial charge on any atom is 0.267 e. The van der Waals surface area contributed by atoms with E-state index in [0.717, 1.165) is 16.9 Å². The van der Waals surface area contributed by atoms with E-state index in [2.05, 4.69) is 10.4 Å². The summed E-state index contributed by atoms with van der Waals surface area (Å²) in [7, 11) is 1.62. The lowest BCUT2D eigenvalue weighted by Crippen LogP contribution is -2.39. The number of carbonyl (C=O) groups excluding carboxylic acids is 2. The van der Waals surface area contributed by atoms with E-state index in [1.807, 2.05) is 37.3 Å². The first-order valence-corrected chi connectivity index (χ1v) is 9.43. The molecular weight excluding hydrogens is 378 g/mol. The van der Waals surface area contributed by atoms with Crippen molar-refractivity contribution in [2.75, 3.05) is 18.7 Å². The van der Waals surface area contributed by atoms with Gasteiger partial charge in [-0.05, 0) is 48.7 Å². The normalized spacial score (nSPS) is 13.9. The number of nitrogens with zero attached hydrogens (tertiary/aromatic N) is 2. The van der Waals surface area contributed by atoms with Crippen molar-refractivity contribution in [1.29, 1.82) is 0 Å². The van der Waals surface area contributed by atoms with Crippen LogP contribution in [0.15, 0.2) is 47.6 Å². The number of rotatable bonds is 6. The van der Waals surface area contributed by atoms with E-state index in [1.165, 1.54) is 5.01 Å². The Morgan fingerprint density at radius 1 is 1.21 bits per heavy atom. The summed E-state index contributed by atoms with van der Waals surface area (Å²) in [6, 6.07) is 13.0. The molecule has 146 valence electrons. The second-order valence-corrected chi connectivity index (χ2v) is 6.95. The zero-order valence-electron chi connectivity index (χ0n) is 15.9. The highest BCUT2D eigenvalue weighted by molar-refractivity contribution is 6.40. The maximum absolute atomic E-state index is 12.5. The average molecular weight is 400 g/mol. The van der Waals surface area contributed by atoms with Gasteiger partial charge in [-0.1, -0.05) is 29.8 Å². The van der Waals surface area contributed by atoms with Crippen LogP contribution in [0.3, 0.4) is 0 Å². The average Bonchev–Trinajstić information content (AvgIpc) is 2.71. The monoisotopic (exact) mass is 399 g/mol. The first-order valence-electron chi connectivity index (χ1n) is 9.05. The van der Waals surface area contributed by atoms with Crippen LogP contribution >= 0.6 is 11.6 Å². The highest BCUT2D eigenvalue weighted by atomic mass is 35.5. The molecule has 2 aromatic carbocycles. The van der Waals surface area contributed by atoms with Crippen LogP contribution in [0, 0.1) is 6.92 Å². The molecule has 0 unspecified atom stereocenters.